The van der Waals surface area contributed by atoms with E-state index in [4.69, 9.17) is 16.0 Å². The van der Waals surface area contributed by atoms with Crippen molar-refractivity contribution in [2.45, 2.75) is 83.0 Å². The second kappa shape index (κ2) is 8.92. The van der Waals surface area contributed by atoms with Gasteiger partial charge >= 0.3 is 0 Å². The van der Waals surface area contributed by atoms with Gasteiger partial charge in [0.05, 0.1) is 12.7 Å². The van der Waals surface area contributed by atoms with Crippen LogP contribution in [0.3, 0.4) is 0 Å². The Labute approximate surface area is 178 Å². The molecule has 8 heteroatoms. The molecule has 1 rings (SSSR count). The molecule has 1 aromatic rings. The Morgan fingerprint density at radius 3 is 2.11 bits per heavy atom. The second-order valence-electron chi connectivity index (χ2n) is 9.89. The Bertz CT molecular complexity index is 658. The number of aliphatic hydroxyl groups is 1. The molecule has 0 saturated heterocycles. The highest BCUT2D eigenvalue weighted by Crippen LogP contribution is 2.41. The van der Waals surface area contributed by atoms with Gasteiger partial charge in [-0.15, -0.1) is 4.72 Å². The first kappa shape index (κ1) is 25.9. The van der Waals surface area contributed by atoms with Crippen LogP contribution in [0.4, 0.5) is 4.39 Å². The summed E-state index contributed by atoms with van der Waals surface area (Å²) in [6.07, 6.45) is -0.738. The van der Waals surface area contributed by atoms with Gasteiger partial charge < -0.3 is 14.1 Å². The Morgan fingerprint density at radius 1 is 1.18 bits per heavy atom. The number of halogens is 2. The number of nitrogens with one attached hydrogen (secondary N) is 1. The molecule has 0 aliphatic carbocycles. The van der Waals surface area contributed by atoms with Gasteiger partial charge in [-0.2, -0.15) is 0 Å². The summed E-state index contributed by atoms with van der Waals surface area (Å²) in [5, 5.41) is 10.4. The Morgan fingerprint density at radius 2 is 1.71 bits per heavy atom. The zero-order chi connectivity index (χ0) is 22.1. The van der Waals surface area contributed by atoms with Crippen molar-refractivity contribution in [3.8, 4) is 0 Å². The number of benzene rings is 1. The quantitative estimate of drug-likeness (QED) is 0.445. The third-order valence-electron chi connectivity index (χ3n) is 5.38. The summed E-state index contributed by atoms with van der Waals surface area (Å²) in [6.45, 7) is 17.5. The van der Waals surface area contributed by atoms with E-state index >= 15 is 0 Å². The minimum atomic E-state index is -2.28. The number of hydrogen-bond acceptors (Lipinski definition) is 4. The first-order chi connectivity index (χ1) is 12.4. The van der Waals surface area contributed by atoms with Crippen LogP contribution in [0.5, 0.6) is 0 Å². The summed E-state index contributed by atoms with van der Waals surface area (Å²) in [5.74, 6) is -0.499. The van der Waals surface area contributed by atoms with Crippen LogP contribution in [0.25, 0.3) is 0 Å². The molecule has 0 aliphatic heterocycles. The molecule has 0 unspecified atom stereocenters. The van der Waals surface area contributed by atoms with Crippen LogP contribution in [-0.4, -0.2) is 35.4 Å². The van der Waals surface area contributed by atoms with E-state index in [9.17, 15) is 14.0 Å². The molecule has 0 radical (unpaired) electrons. The van der Waals surface area contributed by atoms with Crippen molar-refractivity contribution in [3.63, 3.8) is 0 Å². The van der Waals surface area contributed by atoms with Crippen LogP contribution in [0.2, 0.25) is 23.2 Å². The molecule has 0 spiro atoms. The standard InChI is InChI=1S/C20H35ClFNO3SSi/c1-18(2,3)27(25)23-20(7,14-10-15(21)12-16(22)11-14)17(13-24)26-28(8,9)19(4,5)6/h10-12,17,23-24H,13H2,1-9H3/t17-,20+,27+/m1/s1. The summed E-state index contributed by atoms with van der Waals surface area (Å²) in [4.78, 5) is 0. The van der Waals surface area contributed by atoms with Crippen molar-refractivity contribution in [1.82, 2.24) is 4.72 Å². The average Bonchev–Trinajstić information content (AvgIpc) is 2.49. The van der Waals surface area contributed by atoms with E-state index < -0.39 is 41.9 Å². The third-order valence-corrected chi connectivity index (χ3v) is 11.8. The molecule has 0 saturated carbocycles. The highest BCUT2D eigenvalue weighted by Gasteiger charge is 2.48. The van der Waals surface area contributed by atoms with Crippen LogP contribution in [0.15, 0.2) is 18.2 Å². The van der Waals surface area contributed by atoms with Gasteiger partial charge in [0.2, 0.25) is 0 Å². The summed E-state index contributed by atoms with van der Waals surface area (Å²) in [7, 11) is -2.28. The molecular weight excluding hydrogens is 417 g/mol. The molecule has 28 heavy (non-hydrogen) atoms. The maximum atomic E-state index is 14.1. The summed E-state index contributed by atoms with van der Waals surface area (Å²) < 4.78 is 36.1. The fraction of sp³-hybridized carbons (Fsp3) is 0.700. The molecule has 0 aliphatic rings. The minimum absolute atomic E-state index is 0.0932. The first-order valence-corrected chi connectivity index (χ1v) is 13.8. The van der Waals surface area contributed by atoms with Crippen LogP contribution >= 0.6 is 11.6 Å². The molecule has 2 N–H and O–H groups in total. The van der Waals surface area contributed by atoms with Gasteiger partial charge in [0.25, 0.3) is 0 Å². The van der Waals surface area contributed by atoms with E-state index in [1.54, 1.807) is 13.0 Å². The first-order valence-electron chi connectivity index (χ1n) is 9.39. The fourth-order valence-electron chi connectivity index (χ4n) is 2.38. The van der Waals surface area contributed by atoms with Gasteiger partial charge in [-0.25, -0.2) is 4.39 Å². The Kier molecular flexibility index (Phi) is 8.24. The van der Waals surface area contributed by atoms with Gasteiger partial charge in [0, 0.05) is 16.4 Å². The van der Waals surface area contributed by atoms with E-state index in [1.165, 1.54) is 12.1 Å². The number of hydrogen-bond donors (Lipinski definition) is 2. The molecule has 0 bridgehead atoms. The molecule has 1 aromatic carbocycles. The van der Waals surface area contributed by atoms with Crippen LogP contribution in [0.1, 0.15) is 54.0 Å². The predicted octanol–water partition coefficient (Wildman–Crippen LogP) is 5.13. The molecule has 0 amide bonds. The summed E-state index contributed by atoms with van der Waals surface area (Å²) in [6, 6.07) is 4.18. The van der Waals surface area contributed by atoms with Gasteiger partial charge in [-0.1, -0.05) is 32.4 Å². The molecule has 3 atom stereocenters. The lowest BCUT2D eigenvalue weighted by Gasteiger charge is -2.45. The van der Waals surface area contributed by atoms with E-state index in [-0.39, 0.29) is 16.7 Å². The van der Waals surface area contributed by atoms with Crippen LogP contribution in [-0.2, 0) is 21.3 Å². The van der Waals surface area contributed by atoms with Gasteiger partial charge in [0.15, 0.2) is 8.32 Å². The SMILES string of the molecule is CC(C)(C)[S@+]([O-])N[C@@](C)(c1cc(F)cc(Cl)c1)[C@@H](CO)O[Si](C)(C)C(C)(C)C. The topological polar surface area (TPSA) is 64.5 Å². The van der Waals surface area contributed by atoms with Crippen molar-refractivity contribution in [3.05, 3.63) is 34.6 Å². The maximum Gasteiger partial charge on any atom is 0.192 e. The molecule has 162 valence electrons. The van der Waals surface area contributed by atoms with Gasteiger partial charge in [-0.3, -0.25) is 0 Å². The van der Waals surface area contributed by atoms with Crippen molar-refractivity contribution in [2.75, 3.05) is 6.61 Å². The van der Waals surface area contributed by atoms with Crippen molar-refractivity contribution >= 4 is 31.3 Å². The van der Waals surface area contributed by atoms with Gasteiger partial charge in [-0.05, 0) is 69.6 Å². The number of aliphatic hydroxyl groups excluding tert-OH is 1. The molecule has 0 heterocycles. The lowest BCUT2D eigenvalue weighted by atomic mass is 9.87. The maximum absolute atomic E-state index is 14.1. The van der Waals surface area contributed by atoms with Crippen molar-refractivity contribution in [2.24, 2.45) is 0 Å². The second-order valence-corrected chi connectivity index (χ2v) is 17.1. The zero-order valence-electron chi connectivity index (χ0n) is 18.4. The predicted molar refractivity (Wildman–Crippen MR) is 119 cm³/mol. The monoisotopic (exact) mass is 451 g/mol. The van der Waals surface area contributed by atoms with E-state index in [0.717, 1.165) is 0 Å². The Hall–Kier alpha value is -0.153. The third kappa shape index (κ3) is 6.17. The lowest BCUT2D eigenvalue weighted by molar-refractivity contribution is 0.0375. The Balaban J connectivity index is 3.51. The van der Waals surface area contributed by atoms with Crippen molar-refractivity contribution < 1.29 is 18.5 Å². The zero-order valence-corrected chi connectivity index (χ0v) is 21.0. The van der Waals surface area contributed by atoms with Crippen molar-refractivity contribution in [1.29, 1.82) is 0 Å². The highest BCUT2D eigenvalue weighted by molar-refractivity contribution is 7.90. The lowest BCUT2D eigenvalue weighted by Crippen LogP contribution is -2.60. The minimum Gasteiger partial charge on any atom is -0.598 e. The molecular formula is C20H35ClFNO3SSi. The molecule has 0 fully saturated rings. The van der Waals surface area contributed by atoms with Crippen LogP contribution in [0, 0.1) is 5.82 Å². The van der Waals surface area contributed by atoms with Crippen LogP contribution < -0.4 is 4.72 Å². The average molecular weight is 452 g/mol. The highest BCUT2D eigenvalue weighted by atomic mass is 35.5. The van der Waals surface area contributed by atoms with E-state index in [1.807, 2.05) is 20.8 Å². The number of rotatable bonds is 7. The fourth-order valence-corrected chi connectivity index (χ4v) is 4.92. The molecule has 0 aromatic heterocycles. The summed E-state index contributed by atoms with van der Waals surface area (Å²) in [5.41, 5.74) is -0.637. The largest absolute Gasteiger partial charge is 0.598 e. The smallest absolute Gasteiger partial charge is 0.192 e. The van der Waals surface area contributed by atoms with E-state index in [0.29, 0.717) is 5.56 Å². The normalized spacial score (nSPS) is 17.9. The molecule has 4 nitrogen and oxygen atoms in total. The van der Waals surface area contributed by atoms with E-state index in [2.05, 4.69) is 38.6 Å². The summed E-state index contributed by atoms with van der Waals surface area (Å²) >= 11 is 4.61. The van der Waals surface area contributed by atoms with Gasteiger partial charge in [0.1, 0.15) is 16.1 Å².